The fraction of sp³-hybridized carbons (Fsp3) is 0.294. The zero-order chi connectivity index (χ0) is 57.1. The van der Waals surface area contributed by atoms with Crippen molar-refractivity contribution in [2.45, 2.75) is 76.3 Å². The summed E-state index contributed by atoms with van der Waals surface area (Å²) in [6.45, 7) is 0. The van der Waals surface area contributed by atoms with Crippen molar-refractivity contribution in [3.63, 3.8) is 0 Å². The molecule has 364 valence electrons. The van der Waals surface area contributed by atoms with Crippen molar-refractivity contribution in [1.82, 2.24) is 14.1 Å². The third kappa shape index (κ3) is 6.96. The van der Waals surface area contributed by atoms with Crippen LogP contribution in [0.5, 0.6) is 11.5 Å². The van der Waals surface area contributed by atoms with Gasteiger partial charge in [0.05, 0.1) is 47.1 Å². The van der Waals surface area contributed by atoms with E-state index < -0.39 is 60.4 Å². The van der Waals surface area contributed by atoms with Crippen molar-refractivity contribution in [1.29, 1.82) is 0 Å². The maximum absolute atomic E-state index is 9.11. The predicted molar refractivity (Wildman–Crippen MR) is 297 cm³/mol. The number of fused-ring (bicyclic) bond motifs is 4. The average molecular weight is 974 g/mol. The number of hydrogen-bond acceptors (Lipinski definition) is 3. The highest BCUT2D eigenvalue weighted by molar-refractivity contribution is 6.09. The number of rotatable bonds is 10. The summed E-state index contributed by atoms with van der Waals surface area (Å²) in [6.07, 6.45) is 19.5. The Labute approximate surface area is 447 Å². The van der Waals surface area contributed by atoms with E-state index in [9.17, 15) is 0 Å². The van der Waals surface area contributed by atoms with Crippen molar-refractivity contribution >= 4 is 38.5 Å². The molecule has 8 aliphatic carbocycles. The van der Waals surface area contributed by atoms with Crippen LogP contribution in [0.3, 0.4) is 0 Å². The molecule has 6 nitrogen and oxygen atoms in total. The molecule has 0 spiro atoms. The molecule has 10 aromatic rings. The van der Waals surface area contributed by atoms with Gasteiger partial charge in [-0.2, -0.15) is 0 Å². The summed E-state index contributed by atoms with van der Waals surface area (Å²) >= 11 is 0. The van der Waals surface area contributed by atoms with Crippen LogP contribution in [0.2, 0.25) is 0 Å². The first-order chi connectivity index (χ1) is 40.8. The number of benzene rings is 7. The second-order valence-corrected chi connectivity index (χ2v) is 22.7. The van der Waals surface area contributed by atoms with E-state index in [1.165, 1.54) is 69.9 Å². The van der Waals surface area contributed by atoms with Gasteiger partial charge in [-0.1, -0.05) is 127 Å². The first kappa shape index (κ1) is 34.1. The zero-order valence-electron chi connectivity index (χ0n) is 51.1. The Morgan fingerprint density at radius 1 is 0.527 bits per heavy atom. The molecule has 8 bridgehead atoms. The van der Waals surface area contributed by atoms with Gasteiger partial charge in [-0.3, -0.25) is 13.7 Å². The highest BCUT2D eigenvalue weighted by atomic mass is 16.5. The van der Waals surface area contributed by atoms with Gasteiger partial charge >= 0.3 is 0 Å². The number of anilines is 1. The van der Waals surface area contributed by atoms with E-state index in [0.717, 1.165) is 75.0 Å². The van der Waals surface area contributed by atoms with E-state index >= 15 is 0 Å². The van der Waals surface area contributed by atoms with Crippen LogP contribution in [0, 0.1) is 53.7 Å². The van der Waals surface area contributed by atoms with E-state index in [0.29, 0.717) is 40.3 Å². The molecule has 0 saturated heterocycles. The molecule has 8 fully saturated rings. The molecule has 74 heavy (non-hydrogen) atoms. The quantitative estimate of drug-likeness (QED) is 0.101. The largest absolute Gasteiger partial charge is 0.458 e. The molecule has 7 aromatic carbocycles. The van der Waals surface area contributed by atoms with Gasteiger partial charge in [0, 0.05) is 46.9 Å². The number of para-hydroxylation sites is 4. The third-order valence-electron chi connectivity index (χ3n) is 18.6. The fourth-order valence-electron chi connectivity index (χ4n) is 16.4. The molecule has 0 N–H and O–H groups in total. The van der Waals surface area contributed by atoms with Crippen molar-refractivity contribution in [3.8, 4) is 50.9 Å². The Balaban J connectivity index is 0.801. The number of aromatic nitrogens is 4. The summed E-state index contributed by atoms with van der Waals surface area (Å²) in [4.78, 5) is 8.28. The Morgan fingerprint density at radius 2 is 1.09 bits per heavy atom. The van der Waals surface area contributed by atoms with Gasteiger partial charge in [-0.15, -0.1) is 0 Å². The van der Waals surface area contributed by atoms with Crippen LogP contribution in [0.1, 0.15) is 77.9 Å². The van der Waals surface area contributed by atoms with Gasteiger partial charge in [0.1, 0.15) is 17.3 Å². The summed E-state index contributed by atoms with van der Waals surface area (Å²) in [7, 11) is 0. The van der Waals surface area contributed by atoms with Crippen molar-refractivity contribution in [2.24, 2.45) is 47.3 Å². The van der Waals surface area contributed by atoms with Crippen molar-refractivity contribution in [2.75, 3.05) is 4.90 Å². The van der Waals surface area contributed by atoms with E-state index in [4.69, 9.17) is 23.4 Å². The van der Waals surface area contributed by atoms with Crippen molar-refractivity contribution in [3.05, 3.63) is 194 Å². The number of pyridine rings is 1. The standard InChI is InChI=1S/C68H61N5O/c1-3-13-47(14-4-1)57-20-12-21-58(48-15-5-2-6-16-48)68(57)71-42-70(62-23-9-10-24-63(62)71)53-17-11-18-55(39-53)74-56-25-26-60-59-19-7-8-22-61(59)73(64(60)41-56)65-40-54(27-28-69-65)72(66-49-31-43-29-44(33-49)34-50(66)32-43)67-51-35-45-30-46(37-51)38-52(67)36-45/h1-28,39-41,43-46,49-52,66-67H,29-38H2/i1D,2D,3D,4D,5D,6D,13D,14D,15D,16D. The topological polar surface area (TPSA) is 39.1 Å². The normalized spacial score (nSPS) is 28.3. The van der Waals surface area contributed by atoms with Gasteiger partial charge in [0.15, 0.2) is 0 Å². The van der Waals surface area contributed by atoms with E-state index in [1.54, 1.807) is 22.8 Å². The molecule has 3 heterocycles. The number of nitrogens with zero attached hydrogens (tertiary/aromatic N) is 5. The molecule has 0 amide bonds. The van der Waals surface area contributed by atoms with Gasteiger partial charge in [0.2, 0.25) is 0 Å². The summed E-state index contributed by atoms with van der Waals surface area (Å²) in [5.74, 6) is 8.75. The number of ether oxygens (including phenoxy) is 1. The molecular formula is C68H61N5O. The zero-order valence-corrected chi connectivity index (χ0v) is 41.1. The molecule has 0 radical (unpaired) electrons. The molecule has 8 aliphatic rings. The van der Waals surface area contributed by atoms with Crippen LogP contribution in [0.15, 0.2) is 188 Å². The molecule has 0 atom stereocenters. The lowest BCUT2D eigenvalue weighted by Crippen LogP contribution is -2.64. The number of imidazole rings is 1. The van der Waals surface area contributed by atoms with Crippen LogP contribution < -0.4 is 14.2 Å². The van der Waals surface area contributed by atoms with Crippen LogP contribution in [0.4, 0.5) is 5.69 Å². The lowest BCUT2D eigenvalue weighted by molar-refractivity contribution is -0.571. The summed E-state index contributed by atoms with van der Waals surface area (Å²) in [5, 5.41) is 2.24. The van der Waals surface area contributed by atoms with Crippen LogP contribution in [0.25, 0.3) is 72.3 Å². The minimum Gasteiger partial charge on any atom is -0.458 e. The second kappa shape index (κ2) is 17.1. The Morgan fingerprint density at radius 3 is 1.74 bits per heavy atom. The summed E-state index contributed by atoms with van der Waals surface area (Å²) in [5.41, 5.74) is 5.64. The fourth-order valence-corrected chi connectivity index (χ4v) is 16.4. The van der Waals surface area contributed by atoms with Gasteiger partial charge in [-0.05, 0) is 176 Å². The van der Waals surface area contributed by atoms with Crippen LogP contribution >= 0.6 is 0 Å². The Hall–Kier alpha value is -7.44. The molecular weight excluding hydrogens is 903 g/mol. The monoisotopic (exact) mass is 974 g/mol. The van der Waals surface area contributed by atoms with E-state index in [1.807, 2.05) is 59.2 Å². The summed E-state index contributed by atoms with van der Waals surface area (Å²) < 4.78 is 101. The average Bonchev–Trinajstić information content (AvgIpc) is 1.43. The Bertz CT molecular complexity index is 4160. The third-order valence-corrected chi connectivity index (χ3v) is 18.6. The highest BCUT2D eigenvalue weighted by Gasteiger charge is 2.56. The lowest BCUT2D eigenvalue weighted by atomic mass is 9.51. The maximum atomic E-state index is 9.11. The predicted octanol–water partition coefficient (Wildman–Crippen LogP) is 15.8. The SMILES string of the molecule is [2H]c1c([2H])c([2H])c(-c2cccc(-c3c([2H])c([2H])c([2H])c([2H])c3[2H])c2-[n+]2[c-]n(-c3cccc(Oc4ccc5c6ccccc6n(-c6cc(N(C7C8CC9CC(C8)CC7C9)C7C8CC9CC(C8)CC7C9)ccn6)c5c4)c3)c3ccccc32)c([2H])c1[2H]. The first-order valence-corrected chi connectivity index (χ1v) is 27.0. The minimum absolute atomic E-state index is 0.116. The summed E-state index contributed by atoms with van der Waals surface area (Å²) in [6, 6.07) is 35.7. The van der Waals surface area contributed by atoms with E-state index in [2.05, 4.69) is 70.5 Å². The molecule has 8 saturated carbocycles. The van der Waals surface area contributed by atoms with Crippen molar-refractivity contribution < 1.29 is 23.0 Å². The molecule has 3 aromatic heterocycles. The second-order valence-electron chi connectivity index (χ2n) is 22.7. The van der Waals surface area contributed by atoms with Crippen LogP contribution in [-0.2, 0) is 0 Å². The first-order valence-electron chi connectivity index (χ1n) is 32.0. The van der Waals surface area contributed by atoms with E-state index in [-0.39, 0.29) is 27.9 Å². The van der Waals surface area contributed by atoms with Gasteiger partial charge in [0.25, 0.3) is 6.33 Å². The highest BCUT2D eigenvalue weighted by Crippen LogP contribution is 2.60. The Kier molecular flexibility index (Phi) is 7.87. The van der Waals surface area contributed by atoms with Gasteiger partial charge in [-0.25, -0.2) is 4.98 Å². The number of hydrogen-bond donors (Lipinski definition) is 0. The maximum Gasteiger partial charge on any atom is 0.269 e. The smallest absolute Gasteiger partial charge is 0.269 e. The minimum atomic E-state index is -0.555. The van der Waals surface area contributed by atoms with Gasteiger partial charge < -0.3 is 9.64 Å². The molecule has 6 heteroatoms. The van der Waals surface area contributed by atoms with Crippen LogP contribution in [-0.4, -0.2) is 26.2 Å². The molecule has 0 aliphatic heterocycles. The lowest BCUT2D eigenvalue weighted by Gasteiger charge is -2.64. The molecule has 18 rings (SSSR count). The molecule has 0 unspecified atom stereocenters.